The lowest BCUT2D eigenvalue weighted by Crippen LogP contribution is -2.16. The van der Waals surface area contributed by atoms with Crippen molar-refractivity contribution in [3.63, 3.8) is 0 Å². The topological polar surface area (TPSA) is 39.9 Å². The maximum Gasteiger partial charge on any atom is 0.191 e. The molecule has 0 radical (unpaired) electrons. The van der Waals surface area contributed by atoms with E-state index >= 15 is 0 Å². The van der Waals surface area contributed by atoms with E-state index in [-0.39, 0.29) is 6.10 Å². The molecule has 0 bridgehead atoms. The van der Waals surface area contributed by atoms with Crippen LogP contribution in [-0.4, -0.2) is 27.5 Å². The first-order valence-electron chi connectivity index (χ1n) is 8.36. The van der Waals surface area contributed by atoms with Crippen molar-refractivity contribution in [2.45, 2.75) is 36.4 Å². The van der Waals surface area contributed by atoms with E-state index in [9.17, 15) is 0 Å². The van der Waals surface area contributed by atoms with Crippen LogP contribution in [0.1, 0.15) is 18.4 Å². The molecule has 1 saturated heterocycles. The molecule has 0 aliphatic carbocycles. The van der Waals surface area contributed by atoms with E-state index in [2.05, 4.69) is 26.2 Å². The summed E-state index contributed by atoms with van der Waals surface area (Å²) in [5.74, 6) is 1.62. The minimum Gasteiger partial charge on any atom is -0.376 e. The number of ether oxygens (including phenoxy) is 1. The molecule has 4 rings (SSSR count). The van der Waals surface area contributed by atoms with Crippen molar-refractivity contribution >= 4 is 46.3 Å². The van der Waals surface area contributed by atoms with Gasteiger partial charge in [-0.25, -0.2) is 0 Å². The van der Waals surface area contributed by atoms with E-state index in [0.717, 1.165) is 47.4 Å². The number of nitrogens with zero attached hydrogens (tertiary/aromatic N) is 3. The summed E-state index contributed by atoms with van der Waals surface area (Å²) in [7, 11) is 0. The van der Waals surface area contributed by atoms with Crippen molar-refractivity contribution in [1.82, 2.24) is 14.8 Å². The van der Waals surface area contributed by atoms with Gasteiger partial charge in [-0.3, -0.25) is 4.57 Å². The third-order valence-corrected chi connectivity index (χ3v) is 6.71. The zero-order chi connectivity index (χ0) is 17.9. The van der Waals surface area contributed by atoms with Gasteiger partial charge < -0.3 is 4.74 Å². The third kappa shape index (κ3) is 4.10. The summed E-state index contributed by atoms with van der Waals surface area (Å²) in [6.45, 7) is 1.61. The van der Waals surface area contributed by atoms with Gasteiger partial charge >= 0.3 is 0 Å². The summed E-state index contributed by atoms with van der Waals surface area (Å²) < 4.78 is 8.01. The fourth-order valence-corrected chi connectivity index (χ4v) is 5.14. The number of thioether (sulfide) groups is 1. The van der Waals surface area contributed by atoms with Gasteiger partial charge in [-0.1, -0.05) is 47.1 Å². The molecule has 26 heavy (non-hydrogen) atoms. The Labute approximate surface area is 170 Å². The van der Waals surface area contributed by atoms with Gasteiger partial charge in [0.1, 0.15) is 0 Å². The minimum absolute atomic E-state index is 0.225. The Morgan fingerprint density at radius 1 is 1.27 bits per heavy atom. The van der Waals surface area contributed by atoms with Gasteiger partial charge in [-0.15, -0.1) is 21.5 Å². The van der Waals surface area contributed by atoms with Crippen LogP contribution in [0.4, 0.5) is 0 Å². The van der Waals surface area contributed by atoms with Crippen molar-refractivity contribution in [2.24, 2.45) is 0 Å². The van der Waals surface area contributed by atoms with Gasteiger partial charge in [0.2, 0.25) is 0 Å². The van der Waals surface area contributed by atoms with E-state index in [1.54, 1.807) is 29.2 Å². The largest absolute Gasteiger partial charge is 0.376 e. The molecule has 0 N–H and O–H groups in total. The van der Waals surface area contributed by atoms with Crippen LogP contribution >= 0.6 is 46.3 Å². The first-order valence-corrected chi connectivity index (χ1v) is 11.0. The molecule has 3 aromatic rings. The number of aromatic nitrogens is 3. The predicted octanol–water partition coefficient (Wildman–Crippen LogP) is 5.78. The summed E-state index contributed by atoms with van der Waals surface area (Å²) in [6.07, 6.45) is 2.42. The molecule has 0 saturated carbocycles. The molecule has 3 heterocycles. The van der Waals surface area contributed by atoms with Crippen LogP contribution in [0.15, 0.2) is 40.9 Å². The van der Waals surface area contributed by atoms with E-state index in [1.807, 2.05) is 18.2 Å². The monoisotopic (exact) mass is 425 g/mol. The highest BCUT2D eigenvalue weighted by molar-refractivity contribution is 7.98. The van der Waals surface area contributed by atoms with Crippen molar-refractivity contribution in [2.75, 3.05) is 6.61 Å². The maximum atomic E-state index is 6.30. The average Bonchev–Trinajstić information content (AvgIpc) is 3.36. The van der Waals surface area contributed by atoms with Gasteiger partial charge in [0.25, 0.3) is 0 Å². The van der Waals surface area contributed by atoms with Crippen LogP contribution in [0.25, 0.3) is 10.7 Å². The molecule has 2 aromatic heterocycles. The molecule has 0 spiro atoms. The lowest BCUT2D eigenvalue weighted by Gasteiger charge is -2.14. The maximum absolute atomic E-state index is 6.30. The van der Waals surface area contributed by atoms with E-state index in [0.29, 0.717) is 15.8 Å². The van der Waals surface area contributed by atoms with Crippen LogP contribution in [0.2, 0.25) is 10.0 Å². The van der Waals surface area contributed by atoms with Crippen LogP contribution in [0.5, 0.6) is 0 Å². The fourth-order valence-electron chi connectivity index (χ4n) is 2.92. The van der Waals surface area contributed by atoms with E-state index in [4.69, 9.17) is 27.9 Å². The second-order valence-corrected chi connectivity index (χ2v) is 8.79. The van der Waals surface area contributed by atoms with Gasteiger partial charge in [-0.2, -0.15) is 0 Å². The Bertz CT molecular complexity index is 877. The molecule has 1 aromatic carbocycles. The molecular formula is C18H17Cl2N3OS2. The summed E-state index contributed by atoms with van der Waals surface area (Å²) in [4.78, 5) is 1.12. The van der Waals surface area contributed by atoms with Gasteiger partial charge in [0.15, 0.2) is 11.0 Å². The van der Waals surface area contributed by atoms with Crippen molar-refractivity contribution < 1.29 is 4.74 Å². The third-order valence-electron chi connectivity index (χ3n) is 4.24. The first kappa shape index (κ1) is 18.3. The highest BCUT2D eigenvalue weighted by atomic mass is 35.5. The number of hydrogen-bond donors (Lipinski definition) is 0. The first-order chi connectivity index (χ1) is 12.7. The number of hydrogen-bond acceptors (Lipinski definition) is 5. The van der Waals surface area contributed by atoms with Crippen molar-refractivity contribution in [1.29, 1.82) is 0 Å². The van der Waals surface area contributed by atoms with Crippen molar-refractivity contribution in [3.8, 4) is 10.7 Å². The normalized spacial score (nSPS) is 17.1. The smallest absolute Gasteiger partial charge is 0.191 e. The Hall–Kier alpha value is -1.05. The highest BCUT2D eigenvalue weighted by Crippen LogP contribution is 2.32. The molecule has 8 heteroatoms. The van der Waals surface area contributed by atoms with Gasteiger partial charge in [-0.05, 0) is 42.0 Å². The van der Waals surface area contributed by atoms with Crippen LogP contribution in [0.3, 0.4) is 0 Å². The molecule has 1 aliphatic heterocycles. The van der Waals surface area contributed by atoms with Crippen LogP contribution in [0, 0.1) is 0 Å². The second-order valence-electron chi connectivity index (χ2n) is 6.05. The molecule has 1 unspecified atom stereocenters. The Morgan fingerprint density at radius 3 is 2.92 bits per heavy atom. The fraction of sp³-hybridized carbons (Fsp3) is 0.333. The highest BCUT2D eigenvalue weighted by Gasteiger charge is 2.22. The van der Waals surface area contributed by atoms with Gasteiger partial charge in [0, 0.05) is 22.4 Å². The lowest BCUT2D eigenvalue weighted by molar-refractivity contribution is 0.0953. The summed E-state index contributed by atoms with van der Waals surface area (Å²) in [5.41, 5.74) is 1.03. The van der Waals surface area contributed by atoms with Gasteiger partial charge in [0.05, 0.1) is 17.5 Å². The zero-order valence-electron chi connectivity index (χ0n) is 13.9. The second kappa shape index (κ2) is 8.31. The van der Waals surface area contributed by atoms with E-state index in [1.165, 1.54) is 0 Å². The average molecular weight is 426 g/mol. The molecule has 0 amide bonds. The number of thiophene rings is 1. The number of benzene rings is 1. The molecular weight excluding hydrogens is 409 g/mol. The SMILES string of the molecule is Clc1ccc(CSc2nnc(-c3cccs3)n2CC2CCCO2)c(Cl)c1. The molecule has 1 aliphatic rings. The molecule has 136 valence electrons. The van der Waals surface area contributed by atoms with Crippen LogP contribution in [-0.2, 0) is 17.0 Å². The summed E-state index contributed by atoms with van der Waals surface area (Å²) >= 11 is 15.6. The van der Waals surface area contributed by atoms with Crippen LogP contribution < -0.4 is 0 Å². The predicted molar refractivity (Wildman–Crippen MR) is 108 cm³/mol. The molecule has 4 nitrogen and oxygen atoms in total. The molecule has 1 fully saturated rings. The number of halogens is 2. The minimum atomic E-state index is 0.225. The zero-order valence-corrected chi connectivity index (χ0v) is 17.0. The molecule has 1 atom stereocenters. The summed E-state index contributed by atoms with van der Waals surface area (Å²) in [6, 6.07) is 9.69. The quantitative estimate of drug-likeness (QED) is 0.468. The summed E-state index contributed by atoms with van der Waals surface area (Å²) in [5, 5.41) is 13.1. The number of rotatable bonds is 6. The van der Waals surface area contributed by atoms with Crippen molar-refractivity contribution in [3.05, 3.63) is 51.3 Å². The Balaban J connectivity index is 1.58. The Kier molecular flexibility index (Phi) is 5.86. The lowest BCUT2D eigenvalue weighted by atomic mass is 10.2. The Morgan fingerprint density at radius 2 is 2.19 bits per heavy atom. The van der Waals surface area contributed by atoms with E-state index < -0.39 is 0 Å². The standard InChI is InChI=1S/C18H17Cl2N3OS2/c19-13-6-5-12(15(20)9-13)11-26-18-22-21-17(16-4-2-8-25-16)23(18)10-14-3-1-7-24-14/h2,4-6,8-9,14H,1,3,7,10-11H2.